The summed E-state index contributed by atoms with van der Waals surface area (Å²) < 4.78 is 14.0. The number of nitrogens with one attached hydrogen (secondary N) is 1. The Morgan fingerprint density at radius 2 is 1.76 bits per heavy atom. The number of fused-ring (bicyclic) bond motifs is 1. The number of carbonyl (C=O) groups excluding carboxylic acids is 2. The minimum absolute atomic E-state index is 0.00913. The predicted octanol–water partition coefficient (Wildman–Crippen LogP) is 1.07. The molecule has 0 unspecified atom stereocenters. The molecule has 9 heteroatoms. The van der Waals surface area contributed by atoms with E-state index in [0.29, 0.717) is 0 Å². The monoisotopic (exact) mass is 305 g/mol. The summed E-state index contributed by atoms with van der Waals surface area (Å²) in [7, 11) is 0. The summed E-state index contributed by atoms with van der Waals surface area (Å²) >= 11 is 0.891. The number of hydrogen-bond donors (Lipinski definition) is 3. The van der Waals surface area contributed by atoms with Crippen LogP contribution in [0.2, 0.25) is 0 Å². The summed E-state index contributed by atoms with van der Waals surface area (Å²) in [5.41, 5.74) is 11.3. The molecule has 2 heterocycles. The van der Waals surface area contributed by atoms with Crippen molar-refractivity contribution >= 4 is 40.8 Å². The third-order valence-corrected chi connectivity index (χ3v) is 3.62. The van der Waals surface area contributed by atoms with E-state index < -0.39 is 17.5 Å². The number of anilines is 3. The summed E-state index contributed by atoms with van der Waals surface area (Å²) in [4.78, 5) is 30.7. The number of hydrogen-bond acceptors (Lipinski definition) is 7. The second-order valence-corrected chi connectivity index (χ2v) is 5.22. The molecule has 0 aliphatic carbocycles. The Kier molecular flexibility index (Phi) is 2.98. The first-order chi connectivity index (χ1) is 9.94. The lowest BCUT2D eigenvalue weighted by Crippen LogP contribution is -2.12. The maximum absolute atomic E-state index is 14.0. The van der Waals surface area contributed by atoms with E-state index in [2.05, 4.69) is 15.3 Å². The summed E-state index contributed by atoms with van der Waals surface area (Å²) in [6.45, 7) is 0. The normalized spacial score (nSPS) is 13.2. The molecular weight excluding hydrogens is 297 g/mol. The molecule has 21 heavy (non-hydrogen) atoms. The lowest BCUT2D eigenvalue weighted by atomic mass is 10.1. The topological polar surface area (TPSA) is 124 Å². The van der Waals surface area contributed by atoms with Gasteiger partial charge in [0.1, 0.15) is 17.5 Å². The fourth-order valence-corrected chi connectivity index (χ4v) is 2.66. The van der Waals surface area contributed by atoms with Gasteiger partial charge in [0.05, 0.1) is 16.1 Å². The lowest BCUT2D eigenvalue weighted by molar-refractivity contribution is -0.112. The maximum Gasteiger partial charge on any atom is 0.296 e. The molecule has 0 atom stereocenters. The van der Waals surface area contributed by atoms with Gasteiger partial charge in [-0.3, -0.25) is 9.59 Å². The van der Waals surface area contributed by atoms with Crippen molar-refractivity contribution < 1.29 is 14.0 Å². The average molecular weight is 305 g/mol. The number of benzene rings is 1. The molecule has 0 radical (unpaired) electrons. The summed E-state index contributed by atoms with van der Waals surface area (Å²) in [5.74, 6) is -1.88. The van der Waals surface area contributed by atoms with Gasteiger partial charge in [-0.2, -0.15) is 0 Å². The van der Waals surface area contributed by atoms with Crippen LogP contribution in [0.1, 0.15) is 10.4 Å². The van der Waals surface area contributed by atoms with Crippen LogP contribution in [-0.4, -0.2) is 21.7 Å². The zero-order valence-electron chi connectivity index (χ0n) is 10.4. The summed E-state index contributed by atoms with van der Waals surface area (Å²) in [6, 6.07) is 3.73. The van der Waals surface area contributed by atoms with Crippen molar-refractivity contribution in [3.8, 4) is 0 Å². The van der Waals surface area contributed by atoms with Gasteiger partial charge in [-0.05, 0) is 23.9 Å². The average Bonchev–Trinajstić information content (AvgIpc) is 2.65. The first-order valence-corrected chi connectivity index (χ1v) is 6.53. The van der Waals surface area contributed by atoms with E-state index in [1.54, 1.807) is 0 Å². The minimum Gasteiger partial charge on any atom is -0.383 e. The Balaban J connectivity index is 1.99. The highest BCUT2D eigenvalue weighted by molar-refractivity contribution is 7.99. The number of nitrogens with two attached hydrogens (primary N) is 2. The zero-order valence-corrected chi connectivity index (χ0v) is 11.2. The van der Waals surface area contributed by atoms with Gasteiger partial charge in [0.2, 0.25) is 0 Å². The molecule has 1 aliphatic heterocycles. The van der Waals surface area contributed by atoms with Gasteiger partial charge in [-0.1, -0.05) is 0 Å². The molecule has 0 spiro atoms. The number of carbonyl (C=O) groups is 2. The molecule has 7 nitrogen and oxygen atoms in total. The van der Waals surface area contributed by atoms with Crippen molar-refractivity contribution in [2.24, 2.45) is 0 Å². The molecule has 1 aliphatic rings. The van der Waals surface area contributed by atoms with Crippen molar-refractivity contribution in [2.75, 3.05) is 16.8 Å². The van der Waals surface area contributed by atoms with Crippen molar-refractivity contribution in [1.82, 2.24) is 9.97 Å². The highest BCUT2D eigenvalue weighted by Gasteiger charge is 2.29. The molecule has 106 valence electrons. The lowest BCUT2D eigenvalue weighted by Gasteiger charge is -2.06. The van der Waals surface area contributed by atoms with Crippen molar-refractivity contribution in [3.63, 3.8) is 0 Å². The van der Waals surface area contributed by atoms with E-state index in [-0.39, 0.29) is 32.9 Å². The van der Waals surface area contributed by atoms with E-state index >= 15 is 0 Å². The van der Waals surface area contributed by atoms with Crippen molar-refractivity contribution in [3.05, 3.63) is 29.6 Å². The molecule has 1 aromatic heterocycles. The van der Waals surface area contributed by atoms with Crippen LogP contribution in [0.3, 0.4) is 0 Å². The third kappa shape index (κ3) is 2.38. The molecule has 0 bridgehead atoms. The van der Waals surface area contributed by atoms with Gasteiger partial charge in [0, 0.05) is 6.07 Å². The largest absolute Gasteiger partial charge is 0.383 e. The molecule has 0 fully saturated rings. The van der Waals surface area contributed by atoms with Crippen LogP contribution in [0.5, 0.6) is 0 Å². The van der Waals surface area contributed by atoms with Crippen LogP contribution < -0.4 is 16.8 Å². The number of aromatic nitrogens is 2. The highest BCUT2D eigenvalue weighted by Crippen LogP contribution is 2.34. The molecule has 3 rings (SSSR count). The van der Waals surface area contributed by atoms with Gasteiger partial charge < -0.3 is 16.8 Å². The van der Waals surface area contributed by atoms with Crippen LogP contribution in [0.25, 0.3) is 0 Å². The van der Waals surface area contributed by atoms with Gasteiger partial charge in [-0.25, -0.2) is 14.4 Å². The molecule has 1 aromatic carbocycles. The SMILES string of the molecule is Nc1cc(N)nc(Sc2cc3c(cc2F)C(=O)C(=O)N3)n1. The maximum atomic E-state index is 14.0. The van der Waals surface area contributed by atoms with Crippen molar-refractivity contribution in [2.45, 2.75) is 10.1 Å². The van der Waals surface area contributed by atoms with E-state index in [4.69, 9.17) is 11.5 Å². The zero-order chi connectivity index (χ0) is 15.1. The first-order valence-electron chi connectivity index (χ1n) is 5.71. The van der Waals surface area contributed by atoms with Gasteiger partial charge >= 0.3 is 0 Å². The second-order valence-electron chi connectivity index (χ2n) is 4.21. The standard InChI is InChI=1S/C12H8FN5O2S/c13-5-1-4-6(16-11(20)10(4)19)2-7(5)21-12-17-8(14)3-9(15)18-12/h1-3H,(H,16,19,20)(H4,14,15,17,18). The Morgan fingerprint density at radius 3 is 2.43 bits per heavy atom. The molecule has 5 N–H and O–H groups in total. The van der Waals surface area contributed by atoms with E-state index in [1.165, 1.54) is 12.1 Å². The van der Waals surface area contributed by atoms with Crippen LogP contribution in [-0.2, 0) is 4.79 Å². The number of ketones is 1. The Labute approximate surface area is 121 Å². The first kappa shape index (κ1) is 13.3. The molecule has 2 aromatic rings. The van der Waals surface area contributed by atoms with E-state index in [1.807, 2.05) is 0 Å². The molecule has 1 amide bonds. The van der Waals surface area contributed by atoms with Crippen molar-refractivity contribution in [1.29, 1.82) is 0 Å². The van der Waals surface area contributed by atoms with Crippen LogP contribution in [0.15, 0.2) is 28.3 Å². The summed E-state index contributed by atoms with van der Waals surface area (Å²) in [5, 5.41) is 2.53. The quantitative estimate of drug-likeness (QED) is 0.560. The Morgan fingerprint density at radius 1 is 1.10 bits per heavy atom. The van der Waals surface area contributed by atoms with E-state index in [0.717, 1.165) is 17.8 Å². The van der Waals surface area contributed by atoms with Gasteiger partial charge in [0.25, 0.3) is 11.7 Å². The van der Waals surface area contributed by atoms with Crippen LogP contribution >= 0.6 is 11.8 Å². The number of nitrogen functional groups attached to an aromatic ring is 2. The Hall–Kier alpha value is -2.68. The fourth-order valence-electron chi connectivity index (χ4n) is 1.83. The number of Topliss-reactive ketones (excluding diaryl/α,β-unsaturated/α-hetero) is 1. The predicted molar refractivity (Wildman–Crippen MR) is 74.3 cm³/mol. The van der Waals surface area contributed by atoms with E-state index in [9.17, 15) is 14.0 Å². The van der Waals surface area contributed by atoms with Gasteiger partial charge in [-0.15, -0.1) is 0 Å². The number of nitrogens with zero attached hydrogens (tertiary/aromatic N) is 2. The number of rotatable bonds is 2. The fraction of sp³-hybridized carbons (Fsp3) is 0. The van der Waals surface area contributed by atoms with Gasteiger partial charge in [0.15, 0.2) is 5.16 Å². The number of amides is 1. The molecule has 0 saturated carbocycles. The van der Waals surface area contributed by atoms with Crippen LogP contribution in [0, 0.1) is 5.82 Å². The number of halogens is 1. The third-order valence-electron chi connectivity index (χ3n) is 2.72. The molecular formula is C12H8FN5O2S. The highest BCUT2D eigenvalue weighted by atomic mass is 32.2. The van der Waals surface area contributed by atoms with Crippen LogP contribution in [0.4, 0.5) is 21.7 Å². The minimum atomic E-state index is -0.781. The summed E-state index contributed by atoms with van der Waals surface area (Å²) in [6.07, 6.45) is 0. The second kappa shape index (κ2) is 4.70. The molecule has 0 saturated heterocycles. The Bertz CT molecular complexity index is 775. The smallest absolute Gasteiger partial charge is 0.296 e.